The molecular weight excluding hydrogens is 276 g/mol. The zero-order valence-electron chi connectivity index (χ0n) is 11.1. The fourth-order valence-electron chi connectivity index (χ4n) is 2.47. The van der Waals surface area contributed by atoms with Crippen LogP contribution < -0.4 is 16.2 Å². The maximum atomic E-state index is 12.3. The Bertz CT molecular complexity index is 693. The Balaban J connectivity index is 1.85. The predicted octanol–water partition coefficient (Wildman–Crippen LogP) is 0.626. The van der Waals surface area contributed by atoms with Gasteiger partial charge in [0.1, 0.15) is 5.56 Å². The lowest BCUT2D eigenvalue weighted by molar-refractivity contribution is 0.0918. The summed E-state index contributed by atoms with van der Waals surface area (Å²) in [4.78, 5) is 29.2. The number of thiazole rings is 1. The third-order valence-electron chi connectivity index (χ3n) is 3.67. The van der Waals surface area contributed by atoms with Crippen LogP contribution in [0.1, 0.15) is 30.1 Å². The van der Waals surface area contributed by atoms with Gasteiger partial charge >= 0.3 is 0 Å². The Morgan fingerprint density at radius 1 is 1.60 bits per heavy atom. The Labute approximate surface area is 119 Å². The van der Waals surface area contributed by atoms with Crippen LogP contribution in [0.15, 0.2) is 22.6 Å². The van der Waals surface area contributed by atoms with E-state index >= 15 is 0 Å². The van der Waals surface area contributed by atoms with Crippen molar-refractivity contribution in [2.45, 2.75) is 31.8 Å². The van der Waals surface area contributed by atoms with E-state index in [4.69, 9.17) is 0 Å². The number of carbonyl (C=O) groups is 1. The molecule has 1 aliphatic heterocycles. The molecule has 20 heavy (non-hydrogen) atoms. The van der Waals surface area contributed by atoms with E-state index in [1.807, 2.05) is 6.92 Å². The van der Waals surface area contributed by atoms with E-state index in [1.54, 1.807) is 11.6 Å². The lowest BCUT2D eigenvalue weighted by atomic mass is 9.99. The second-order valence-electron chi connectivity index (χ2n) is 5.00. The summed E-state index contributed by atoms with van der Waals surface area (Å²) in [6.07, 6.45) is 4.95. The van der Waals surface area contributed by atoms with Crippen molar-refractivity contribution < 1.29 is 4.79 Å². The lowest BCUT2D eigenvalue weighted by Crippen LogP contribution is -2.52. The molecule has 0 aromatic carbocycles. The Morgan fingerprint density at radius 2 is 2.45 bits per heavy atom. The number of piperidine rings is 1. The van der Waals surface area contributed by atoms with Gasteiger partial charge in [-0.15, -0.1) is 11.3 Å². The summed E-state index contributed by atoms with van der Waals surface area (Å²) >= 11 is 1.37. The maximum absolute atomic E-state index is 12.3. The molecule has 0 aliphatic carbocycles. The molecule has 6 nitrogen and oxygen atoms in total. The van der Waals surface area contributed by atoms with Crippen LogP contribution in [0.3, 0.4) is 0 Å². The first-order valence-electron chi connectivity index (χ1n) is 6.66. The third-order valence-corrected chi connectivity index (χ3v) is 4.44. The number of aromatic nitrogens is 2. The number of fused-ring (bicyclic) bond motifs is 1. The number of nitrogens with one attached hydrogen (secondary N) is 2. The van der Waals surface area contributed by atoms with Crippen molar-refractivity contribution in [1.29, 1.82) is 0 Å². The maximum Gasteiger partial charge on any atom is 0.271 e. The molecule has 2 unspecified atom stereocenters. The van der Waals surface area contributed by atoms with Crippen molar-refractivity contribution in [3.05, 3.63) is 33.7 Å². The SMILES string of the molecule is CC1NCCCC1NC(=O)c1cnc2sccn2c1=O. The predicted molar refractivity (Wildman–Crippen MR) is 77.3 cm³/mol. The number of hydrogen-bond donors (Lipinski definition) is 2. The van der Waals surface area contributed by atoms with Gasteiger partial charge in [0.05, 0.1) is 0 Å². The van der Waals surface area contributed by atoms with Crippen molar-refractivity contribution in [2.75, 3.05) is 6.54 Å². The molecule has 1 amide bonds. The molecule has 3 rings (SSSR count). The Morgan fingerprint density at radius 3 is 3.25 bits per heavy atom. The molecule has 3 heterocycles. The van der Waals surface area contributed by atoms with Gasteiger partial charge < -0.3 is 10.6 Å². The van der Waals surface area contributed by atoms with Crippen molar-refractivity contribution in [3.63, 3.8) is 0 Å². The first-order chi connectivity index (χ1) is 9.66. The van der Waals surface area contributed by atoms with Gasteiger partial charge in [0.25, 0.3) is 11.5 Å². The smallest absolute Gasteiger partial charge is 0.271 e. The van der Waals surface area contributed by atoms with E-state index in [2.05, 4.69) is 15.6 Å². The van der Waals surface area contributed by atoms with Crippen LogP contribution in [0.25, 0.3) is 4.96 Å². The molecule has 0 saturated carbocycles. The summed E-state index contributed by atoms with van der Waals surface area (Å²) in [5, 5.41) is 8.02. The molecule has 0 radical (unpaired) electrons. The van der Waals surface area contributed by atoms with Crippen molar-refractivity contribution in [1.82, 2.24) is 20.0 Å². The molecular formula is C13H16N4O2S. The Kier molecular flexibility index (Phi) is 3.54. The summed E-state index contributed by atoms with van der Waals surface area (Å²) in [6, 6.07) is 0.270. The highest BCUT2D eigenvalue weighted by Gasteiger charge is 2.24. The van der Waals surface area contributed by atoms with E-state index in [1.165, 1.54) is 21.9 Å². The monoisotopic (exact) mass is 292 g/mol. The fraction of sp³-hybridized carbons (Fsp3) is 0.462. The van der Waals surface area contributed by atoms with Gasteiger partial charge in [-0.25, -0.2) is 4.98 Å². The van der Waals surface area contributed by atoms with Gasteiger partial charge in [0, 0.05) is 29.9 Å². The van der Waals surface area contributed by atoms with Gasteiger partial charge in [-0.1, -0.05) is 0 Å². The number of hydrogen-bond acceptors (Lipinski definition) is 5. The largest absolute Gasteiger partial charge is 0.348 e. The molecule has 2 aromatic heterocycles. The minimum Gasteiger partial charge on any atom is -0.348 e. The number of rotatable bonds is 2. The summed E-state index contributed by atoms with van der Waals surface area (Å²) in [7, 11) is 0. The third kappa shape index (κ3) is 2.34. The molecule has 2 aromatic rings. The molecule has 0 bridgehead atoms. The molecule has 1 aliphatic rings. The second-order valence-corrected chi connectivity index (χ2v) is 5.87. The summed E-state index contributed by atoms with van der Waals surface area (Å²) in [5.41, 5.74) is -0.219. The number of carbonyl (C=O) groups excluding carboxylic acids is 1. The van der Waals surface area contributed by atoms with Gasteiger partial charge in [-0.3, -0.25) is 14.0 Å². The van der Waals surface area contributed by atoms with Crippen LogP contribution >= 0.6 is 11.3 Å². The Hall–Kier alpha value is -1.73. The first kappa shape index (κ1) is 13.3. The molecule has 1 saturated heterocycles. The van der Waals surface area contributed by atoms with Gasteiger partial charge in [0.2, 0.25) is 0 Å². The lowest BCUT2D eigenvalue weighted by Gasteiger charge is -2.30. The van der Waals surface area contributed by atoms with Crippen LogP contribution in [0.2, 0.25) is 0 Å². The minimum atomic E-state index is -0.344. The molecule has 2 atom stereocenters. The van der Waals surface area contributed by atoms with Gasteiger partial charge in [-0.05, 0) is 26.3 Å². The van der Waals surface area contributed by atoms with Crippen molar-refractivity contribution in [2.24, 2.45) is 0 Å². The average molecular weight is 292 g/mol. The van der Waals surface area contributed by atoms with Crippen LogP contribution in [-0.4, -0.2) is 33.9 Å². The molecule has 106 valence electrons. The van der Waals surface area contributed by atoms with Gasteiger partial charge in [-0.2, -0.15) is 0 Å². The zero-order valence-corrected chi connectivity index (χ0v) is 11.9. The van der Waals surface area contributed by atoms with E-state index in [-0.39, 0.29) is 29.1 Å². The highest BCUT2D eigenvalue weighted by atomic mass is 32.1. The highest BCUT2D eigenvalue weighted by molar-refractivity contribution is 7.15. The standard InChI is InChI=1S/C13H16N4O2S/c1-8-10(3-2-4-14-8)16-11(18)9-7-15-13-17(12(9)19)5-6-20-13/h5-8,10,14H,2-4H2,1H3,(H,16,18). The van der Waals surface area contributed by atoms with Gasteiger partial charge in [0.15, 0.2) is 4.96 Å². The first-order valence-corrected chi connectivity index (χ1v) is 7.54. The molecule has 2 N–H and O–H groups in total. The summed E-state index contributed by atoms with van der Waals surface area (Å²) in [6.45, 7) is 3.01. The van der Waals surface area contributed by atoms with Crippen LogP contribution in [0.5, 0.6) is 0 Å². The summed E-state index contributed by atoms with van der Waals surface area (Å²) in [5.74, 6) is -0.344. The topological polar surface area (TPSA) is 75.5 Å². The zero-order chi connectivity index (χ0) is 14.1. The molecule has 7 heteroatoms. The van der Waals surface area contributed by atoms with Crippen LogP contribution in [0, 0.1) is 0 Å². The molecule has 0 spiro atoms. The average Bonchev–Trinajstić information content (AvgIpc) is 2.91. The fourth-order valence-corrected chi connectivity index (χ4v) is 3.14. The van der Waals surface area contributed by atoms with E-state index < -0.39 is 0 Å². The minimum absolute atomic E-state index is 0.0545. The normalized spacial score (nSPS) is 22.9. The van der Waals surface area contributed by atoms with E-state index in [0.29, 0.717) is 4.96 Å². The van der Waals surface area contributed by atoms with E-state index in [0.717, 1.165) is 19.4 Å². The van der Waals surface area contributed by atoms with Crippen LogP contribution in [0.4, 0.5) is 0 Å². The summed E-state index contributed by atoms with van der Waals surface area (Å²) < 4.78 is 1.40. The van der Waals surface area contributed by atoms with E-state index in [9.17, 15) is 9.59 Å². The van der Waals surface area contributed by atoms with Crippen molar-refractivity contribution >= 4 is 22.2 Å². The number of amides is 1. The number of nitrogens with zero attached hydrogens (tertiary/aromatic N) is 2. The second kappa shape index (κ2) is 5.34. The van der Waals surface area contributed by atoms with Crippen molar-refractivity contribution in [3.8, 4) is 0 Å². The quantitative estimate of drug-likeness (QED) is 0.851. The van der Waals surface area contributed by atoms with Crippen LogP contribution in [-0.2, 0) is 0 Å². The highest BCUT2D eigenvalue weighted by Crippen LogP contribution is 2.09. The molecule has 1 fully saturated rings.